The van der Waals surface area contributed by atoms with Crippen LogP contribution in [0.3, 0.4) is 0 Å². The smallest absolute Gasteiger partial charge is 0.227 e. The summed E-state index contributed by atoms with van der Waals surface area (Å²) in [6.45, 7) is 0.843. The van der Waals surface area contributed by atoms with Crippen LogP contribution in [0.25, 0.3) is 0 Å². The first kappa shape index (κ1) is 10.2. The van der Waals surface area contributed by atoms with Crippen LogP contribution in [0.15, 0.2) is 18.2 Å². The molecule has 15 heavy (non-hydrogen) atoms. The molecular formula is C12H16N2O. The van der Waals surface area contributed by atoms with E-state index in [0.717, 1.165) is 18.7 Å². The molecular weight excluding hydrogens is 188 g/mol. The highest BCUT2D eigenvalue weighted by Crippen LogP contribution is 2.27. The van der Waals surface area contributed by atoms with Crippen LogP contribution in [0.1, 0.15) is 17.5 Å². The number of aryl methyl sites for hydroxylation is 1. The number of carbonyl (C=O) groups excluding carboxylic acids is 1. The Balaban J connectivity index is 2.36. The lowest BCUT2D eigenvalue weighted by atomic mass is 9.99. The van der Waals surface area contributed by atoms with Gasteiger partial charge in [0.25, 0.3) is 0 Å². The van der Waals surface area contributed by atoms with E-state index in [0.29, 0.717) is 6.42 Å². The van der Waals surface area contributed by atoms with E-state index in [9.17, 15) is 4.79 Å². The topological polar surface area (TPSA) is 32.3 Å². The van der Waals surface area contributed by atoms with Crippen molar-refractivity contribution >= 4 is 11.6 Å². The fourth-order valence-electron chi connectivity index (χ4n) is 1.99. The molecule has 0 spiro atoms. The lowest BCUT2D eigenvalue weighted by Crippen LogP contribution is -2.31. The fraction of sp³-hybridized carbons (Fsp3) is 0.417. The molecule has 1 aromatic rings. The average molecular weight is 204 g/mol. The van der Waals surface area contributed by atoms with Crippen molar-refractivity contribution in [2.24, 2.45) is 0 Å². The molecule has 1 heterocycles. The highest BCUT2D eigenvalue weighted by atomic mass is 16.2. The minimum Gasteiger partial charge on any atom is -0.316 e. The molecule has 2 rings (SSSR count). The van der Waals surface area contributed by atoms with Gasteiger partial charge in [-0.2, -0.15) is 0 Å². The van der Waals surface area contributed by atoms with E-state index in [2.05, 4.69) is 23.5 Å². The van der Waals surface area contributed by atoms with E-state index in [1.807, 2.05) is 14.1 Å². The number of rotatable bonds is 2. The summed E-state index contributed by atoms with van der Waals surface area (Å²) in [4.78, 5) is 13.3. The van der Waals surface area contributed by atoms with E-state index in [4.69, 9.17) is 0 Å². The lowest BCUT2D eigenvalue weighted by Gasteiger charge is -2.26. The molecule has 0 fully saturated rings. The third-order valence-electron chi connectivity index (χ3n) is 2.87. The third-order valence-corrected chi connectivity index (χ3v) is 2.87. The maximum absolute atomic E-state index is 11.5. The van der Waals surface area contributed by atoms with Crippen LogP contribution in [-0.4, -0.2) is 20.0 Å². The Morgan fingerprint density at radius 2 is 2.20 bits per heavy atom. The summed E-state index contributed by atoms with van der Waals surface area (Å²) in [5, 5.41) is 3.11. The summed E-state index contributed by atoms with van der Waals surface area (Å²) in [7, 11) is 3.78. The zero-order valence-electron chi connectivity index (χ0n) is 9.21. The number of amides is 1. The maximum atomic E-state index is 11.5. The van der Waals surface area contributed by atoms with Crippen LogP contribution < -0.4 is 10.2 Å². The Bertz CT molecular complexity index is 387. The minimum atomic E-state index is 0.212. The summed E-state index contributed by atoms with van der Waals surface area (Å²) in [5.41, 5.74) is 3.56. The molecule has 3 nitrogen and oxygen atoms in total. The van der Waals surface area contributed by atoms with E-state index < -0.39 is 0 Å². The Labute approximate surface area is 90.1 Å². The van der Waals surface area contributed by atoms with Crippen molar-refractivity contribution in [1.82, 2.24) is 5.32 Å². The summed E-state index contributed by atoms with van der Waals surface area (Å²) >= 11 is 0. The third kappa shape index (κ3) is 1.88. The Hall–Kier alpha value is -1.35. The largest absolute Gasteiger partial charge is 0.316 e. The van der Waals surface area contributed by atoms with Crippen molar-refractivity contribution in [3.63, 3.8) is 0 Å². The predicted octanol–water partition coefficient (Wildman–Crippen LogP) is 1.31. The van der Waals surface area contributed by atoms with Crippen molar-refractivity contribution in [3.8, 4) is 0 Å². The van der Waals surface area contributed by atoms with Crippen LogP contribution in [0.5, 0.6) is 0 Å². The monoisotopic (exact) mass is 204 g/mol. The summed E-state index contributed by atoms with van der Waals surface area (Å²) < 4.78 is 0. The molecule has 3 heteroatoms. The molecule has 1 amide bonds. The van der Waals surface area contributed by atoms with Gasteiger partial charge in [0.1, 0.15) is 0 Å². The van der Waals surface area contributed by atoms with Gasteiger partial charge in [-0.25, -0.2) is 0 Å². The molecule has 0 aromatic heterocycles. The quantitative estimate of drug-likeness (QED) is 0.788. The molecule has 0 radical (unpaired) electrons. The van der Waals surface area contributed by atoms with Gasteiger partial charge < -0.3 is 10.2 Å². The Morgan fingerprint density at radius 3 is 2.93 bits per heavy atom. The number of carbonyl (C=O) groups is 1. The molecule has 0 saturated heterocycles. The second-order valence-corrected chi connectivity index (χ2v) is 3.95. The summed E-state index contributed by atoms with van der Waals surface area (Å²) in [6, 6.07) is 6.35. The van der Waals surface area contributed by atoms with E-state index in [1.54, 1.807) is 4.90 Å². The lowest BCUT2D eigenvalue weighted by molar-refractivity contribution is -0.118. The number of hydrogen-bond donors (Lipinski definition) is 1. The van der Waals surface area contributed by atoms with Crippen molar-refractivity contribution in [2.75, 3.05) is 19.0 Å². The maximum Gasteiger partial charge on any atom is 0.227 e. The summed E-state index contributed by atoms with van der Waals surface area (Å²) in [6.07, 6.45) is 1.51. The average Bonchev–Trinajstić information content (AvgIpc) is 2.25. The van der Waals surface area contributed by atoms with Gasteiger partial charge in [0, 0.05) is 25.7 Å². The van der Waals surface area contributed by atoms with Crippen molar-refractivity contribution in [2.45, 2.75) is 19.4 Å². The molecule has 1 aliphatic heterocycles. The van der Waals surface area contributed by atoms with Crippen LogP contribution in [-0.2, 0) is 17.8 Å². The van der Waals surface area contributed by atoms with E-state index >= 15 is 0 Å². The van der Waals surface area contributed by atoms with Gasteiger partial charge in [0.2, 0.25) is 5.91 Å². The van der Waals surface area contributed by atoms with Gasteiger partial charge in [-0.05, 0) is 30.7 Å². The van der Waals surface area contributed by atoms with Crippen molar-refractivity contribution < 1.29 is 4.79 Å². The second-order valence-electron chi connectivity index (χ2n) is 3.95. The van der Waals surface area contributed by atoms with Crippen molar-refractivity contribution in [3.05, 3.63) is 29.3 Å². The van der Waals surface area contributed by atoms with Gasteiger partial charge in [0.15, 0.2) is 0 Å². The number of fused-ring (bicyclic) bond motifs is 1. The molecule has 0 aliphatic carbocycles. The fourth-order valence-corrected chi connectivity index (χ4v) is 1.99. The first-order chi connectivity index (χ1) is 7.22. The second kappa shape index (κ2) is 4.03. The summed E-state index contributed by atoms with van der Waals surface area (Å²) in [5.74, 6) is 0.212. The highest BCUT2D eigenvalue weighted by molar-refractivity contribution is 5.95. The number of benzene rings is 1. The predicted molar refractivity (Wildman–Crippen MR) is 60.9 cm³/mol. The molecule has 0 unspecified atom stereocenters. The number of anilines is 1. The van der Waals surface area contributed by atoms with Crippen LogP contribution in [0, 0.1) is 0 Å². The molecule has 80 valence electrons. The Kier molecular flexibility index (Phi) is 2.73. The first-order valence-electron chi connectivity index (χ1n) is 5.25. The molecule has 1 aliphatic rings. The number of nitrogens with one attached hydrogen (secondary N) is 1. The molecule has 0 bridgehead atoms. The zero-order chi connectivity index (χ0) is 10.8. The van der Waals surface area contributed by atoms with E-state index in [-0.39, 0.29) is 5.91 Å². The molecule has 0 atom stereocenters. The number of hydrogen-bond acceptors (Lipinski definition) is 2. The minimum absolute atomic E-state index is 0.212. The van der Waals surface area contributed by atoms with Gasteiger partial charge in [-0.1, -0.05) is 12.1 Å². The standard InChI is InChI=1S/C12H16N2O/c1-13-8-9-3-4-10-5-6-12(15)14(2)11(10)7-9/h3-4,7,13H,5-6,8H2,1-2H3. The van der Waals surface area contributed by atoms with Gasteiger partial charge in [-0.15, -0.1) is 0 Å². The molecule has 1 aromatic carbocycles. The number of nitrogens with zero attached hydrogens (tertiary/aromatic N) is 1. The van der Waals surface area contributed by atoms with Gasteiger partial charge in [-0.3, -0.25) is 4.79 Å². The highest BCUT2D eigenvalue weighted by Gasteiger charge is 2.20. The Morgan fingerprint density at radius 1 is 1.40 bits per heavy atom. The van der Waals surface area contributed by atoms with Crippen LogP contribution in [0.4, 0.5) is 5.69 Å². The molecule has 0 saturated carbocycles. The normalized spacial score (nSPS) is 15.3. The zero-order valence-corrected chi connectivity index (χ0v) is 9.21. The van der Waals surface area contributed by atoms with Gasteiger partial charge in [0.05, 0.1) is 0 Å². The van der Waals surface area contributed by atoms with Crippen LogP contribution in [0.2, 0.25) is 0 Å². The van der Waals surface area contributed by atoms with Gasteiger partial charge >= 0.3 is 0 Å². The van der Waals surface area contributed by atoms with Crippen LogP contribution >= 0.6 is 0 Å². The first-order valence-corrected chi connectivity index (χ1v) is 5.25. The molecule has 1 N–H and O–H groups in total. The SMILES string of the molecule is CNCc1ccc2c(c1)N(C)C(=O)CC2. The van der Waals surface area contributed by atoms with E-state index in [1.165, 1.54) is 11.1 Å². The van der Waals surface area contributed by atoms with Crippen molar-refractivity contribution in [1.29, 1.82) is 0 Å².